The molecule has 1 aliphatic rings. The third-order valence-corrected chi connectivity index (χ3v) is 7.05. The number of nitrogens with zero attached hydrogens (tertiary/aromatic N) is 1. The highest BCUT2D eigenvalue weighted by atomic mass is 35.5. The van der Waals surface area contributed by atoms with Crippen LogP contribution in [0, 0.1) is 6.92 Å². The summed E-state index contributed by atoms with van der Waals surface area (Å²) >= 11 is 6.09. The SMILES string of the molecule is Cc1cccc(CN(C(=O)COc2cccc(Cl)c2)[C@@H](Cc2ccccc2)C(=O)NC2CCCCC2)c1. The number of ether oxygens (including phenoxy) is 1. The Morgan fingerprint density at radius 3 is 2.41 bits per heavy atom. The molecule has 0 bridgehead atoms. The number of rotatable bonds is 10. The number of hydrogen-bond acceptors (Lipinski definition) is 3. The number of aryl methyl sites for hydroxylation is 1. The molecule has 3 aromatic rings. The quantitative estimate of drug-likeness (QED) is 0.352. The lowest BCUT2D eigenvalue weighted by Crippen LogP contribution is -2.53. The summed E-state index contributed by atoms with van der Waals surface area (Å²) in [6.45, 7) is 2.15. The van der Waals surface area contributed by atoms with Crippen LogP contribution in [0.15, 0.2) is 78.9 Å². The molecule has 0 saturated heterocycles. The highest BCUT2D eigenvalue weighted by molar-refractivity contribution is 6.30. The fourth-order valence-corrected chi connectivity index (χ4v) is 5.07. The van der Waals surface area contributed by atoms with Crippen LogP contribution < -0.4 is 10.1 Å². The summed E-state index contributed by atoms with van der Waals surface area (Å²) in [4.78, 5) is 29.2. The van der Waals surface area contributed by atoms with Gasteiger partial charge in [-0.05, 0) is 49.1 Å². The van der Waals surface area contributed by atoms with E-state index in [-0.39, 0.29) is 24.5 Å². The lowest BCUT2D eigenvalue weighted by atomic mass is 9.94. The number of amides is 2. The first kappa shape index (κ1) is 26.7. The Morgan fingerprint density at radius 1 is 0.946 bits per heavy atom. The summed E-state index contributed by atoms with van der Waals surface area (Å²) < 4.78 is 5.81. The second-order valence-corrected chi connectivity index (χ2v) is 10.2. The second kappa shape index (κ2) is 13.3. The van der Waals surface area contributed by atoms with Gasteiger partial charge in [0.2, 0.25) is 5.91 Å². The highest BCUT2D eigenvalue weighted by Gasteiger charge is 2.32. The van der Waals surface area contributed by atoms with Gasteiger partial charge in [-0.1, -0.05) is 97.1 Å². The highest BCUT2D eigenvalue weighted by Crippen LogP contribution is 2.21. The van der Waals surface area contributed by atoms with Gasteiger partial charge in [-0.3, -0.25) is 9.59 Å². The normalized spacial score (nSPS) is 14.5. The van der Waals surface area contributed by atoms with Gasteiger partial charge in [-0.2, -0.15) is 0 Å². The van der Waals surface area contributed by atoms with Crippen LogP contribution in [-0.4, -0.2) is 35.4 Å². The number of hydrogen-bond donors (Lipinski definition) is 1. The van der Waals surface area contributed by atoms with Gasteiger partial charge >= 0.3 is 0 Å². The fourth-order valence-electron chi connectivity index (χ4n) is 4.89. The summed E-state index contributed by atoms with van der Waals surface area (Å²) in [5, 5.41) is 3.80. The summed E-state index contributed by atoms with van der Waals surface area (Å²) in [6.07, 6.45) is 5.83. The van der Waals surface area contributed by atoms with Gasteiger partial charge in [0.25, 0.3) is 5.91 Å². The number of carbonyl (C=O) groups excluding carboxylic acids is 2. The maximum Gasteiger partial charge on any atom is 0.261 e. The number of halogens is 1. The van der Waals surface area contributed by atoms with Crippen LogP contribution in [0.5, 0.6) is 5.75 Å². The molecule has 5 nitrogen and oxygen atoms in total. The summed E-state index contributed by atoms with van der Waals surface area (Å²) in [5.41, 5.74) is 3.08. The Kier molecular flexibility index (Phi) is 9.61. The molecule has 2 amide bonds. The fraction of sp³-hybridized carbons (Fsp3) is 0.355. The van der Waals surface area contributed by atoms with Gasteiger partial charge in [0, 0.05) is 24.0 Å². The number of nitrogens with one attached hydrogen (secondary N) is 1. The van der Waals surface area contributed by atoms with E-state index < -0.39 is 6.04 Å². The molecule has 0 spiro atoms. The number of carbonyl (C=O) groups is 2. The van der Waals surface area contributed by atoms with E-state index in [1.165, 1.54) is 6.42 Å². The maximum absolute atomic E-state index is 13.8. The molecule has 1 N–H and O–H groups in total. The van der Waals surface area contributed by atoms with E-state index >= 15 is 0 Å². The van der Waals surface area contributed by atoms with Crippen molar-refractivity contribution >= 4 is 23.4 Å². The molecule has 1 atom stereocenters. The van der Waals surface area contributed by atoms with Crippen molar-refractivity contribution in [3.05, 3.63) is 101 Å². The maximum atomic E-state index is 13.8. The van der Waals surface area contributed by atoms with Crippen LogP contribution in [0.4, 0.5) is 0 Å². The van der Waals surface area contributed by atoms with E-state index in [0.717, 1.165) is 42.4 Å². The zero-order valence-electron chi connectivity index (χ0n) is 21.4. The standard InChI is InChI=1S/C31H35ClN2O3/c1-23-10-8-13-25(18-23)21-34(30(35)22-37-28-17-9-14-26(32)20-28)29(19-24-11-4-2-5-12-24)31(36)33-27-15-6-3-7-16-27/h2,4-5,8-14,17-18,20,27,29H,3,6-7,15-16,19,21-22H2,1H3,(H,33,36)/t29-/m0/s1. The smallest absolute Gasteiger partial charge is 0.261 e. The monoisotopic (exact) mass is 518 g/mol. The molecule has 1 fully saturated rings. The van der Waals surface area contributed by atoms with E-state index in [1.54, 1.807) is 29.2 Å². The second-order valence-electron chi connectivity index (χ2n) is 9.81. The topological polar surface area (TPSA) is 58.6 Å². The van der Waals surface area contributed by atoms with Crippen LogP contribution in [0.3, 0.4) is 0 Å². The van der Waals surface area contributed by atoms with Gasteiger partial charge < -0.3 is 15.0 Å². The van der Waals surface area contributed by atoms with Crippen molar-refractivity contribution in [3.63, 3.8) is 0 Å². The zero-order valence-corrected chi connectivity index (χ0v) is 22.1. The Balaban J connectivity index is 1.61. The van der Waals surface area contributed by atoms with Crippen LogP contribution in [-0.2, 0) is 22.6 Å². The minimum atomic E-state index is -0.666. The summed E-state index contributed by atoms with van der Waals surface area (Å²) in [7, 11) is 0. The third-order valence-electron chi connectivity index (χ3n) is 6.82. The van der Waals surface area contributed by atoms with Crippen molar-refractivity contribution in [1.29, 1.82) is 0 Å². The van der Waals surface area contributed by atoms with E-state index in [2.05, 4.69) is 11.4 Å². The van der Waals surface area contributed by atoms with Gasteiger partial charge in [0.05, 0.1) is 0 Å². The van der Waals surface area contributed by atoms with Crippen molar-refractivity contribution in [2.45, 2.75) is 64.1 Å². The van der Waals surface area contributed by atoms with Crippen LogP contribution in [0.25, 0.3) is 0 Å². The van der Waals surface area contributed by atoms with Crippen LogP contribution >= 0.6 is 11.6 Å². The molecule has 0 unspecified atom stereocenters. The molecule has 194 valence electrons. The minimum absolute atomic E-state index is 0.112. The van der Waals surface area contributed by atoms with E-state index in [4.69, 9.17) is 16.3 Å². The predicted octanol–water partition coefficient (Wildman–Crippen LogP) is 6.12. The lowest BCUT2D eigenvalue weighted by molar-refractivity contribution is -0.143. The largest absolute Gasteiger partial charge is 0.484 e. The molecular formula is C31H35ClN2O3. The van der Waals surface area contributed by atoms with Crippen LogP contribution in [0.1, 0.15) is 48.8 Å². The summed E-state index contributed by atoms with van der Waals surface area (Å²) in [6, 6.07) is 24.4. The molecular weight excluding hydrogens is 484 g/mol. The average Bonchev–Trinajstić information content (AvgIpc) is 2.90. The third kappa shape index (κ3) is 8.09. The molecule has 3 aromatic carbocycles. The van der Waals surface area contributed by atoms with Gasteiger partial charge in [0.15, 0.2) is 6.61 Å². The van der Waals surface area contributed by atoms with E-state index in [1.807, 2.05) is 55.5 Å². The first-order valence-corrected chi connectivity index (χ1v) is 13.4. The first-order valence-electron chi connectivity index (χ1n) is 13.1. The van der Waals surface area contributed by atoms with E-state index in [0.29, 0.717) is 23.7 Å². The molecule has 0 aliphatic heterocycles. The Bertz CT molecular complexity index is 1180. The van der Waals surface area contributed by atoms with Gasteiger partial charge in [-0.15, -0.1) is 0 Å². The molecule has 6 heteroatoms. The molecule has 37 heavy (non-hydrogen) atoms. The number of benzene rings is 3. The predicted molar refractivity (Wildman–Crippen MR) is 148 cm³/mol. The minimum Gasteiger partial charge on any atom is -0.484 e. The van der Waals surface area contributed by atoms with Crippen LogP contribution in [0.2, 0.25) is 5.02 Å². The molecule has 0 aromatic heterocycles. The van der Waals surface area contributed by atoms with Crippen molar-refractivity contribution < 1.29 is 14.3 Å². The van der Waals surface area contributed by atoms with Crippen molar-refractivity contribution in [3.8, 4) is 5.75 Å². The molecule has 0 heterocycles. The average molecular weight is 519 g/mol. The molecule has 1 saturated carbocycles. The van der Waals surface area contributed by atoms with Crippen molar-refractivity contribution in [2.75, 3.05) is 6.61 Å². The zero-order chi connectivity index (χ0) is 26.0. The lowest BCUT2D eigenvalue weighted by Gasteiger charge is -2.33. The van der Waals surface area contributed by atoms with Crippen molar-refractivity contribution in [1.82, 2.24) is 10.2 Å². The first-order chi connectivity index (χ1) is 18.0. The summed E-state index contributed by atoms with van der Waals surface area (Å²) in [5.74, 6) is 0.156. The Morgan fingerprint density at radius 2 is 1.68 bits per heavy atom. The molecule has 4 rings (SSSR count). The van der Waals surface area contributed by atoms with Gasteiger partial charge in [0.1, 0.15) is 11.8 Å². The van der Waals surface area contributed by atoms with Gasteiger partial charge in [-0.25, -0.2) is 0 Å². The molecule has 0 radical (unpaired) electrons. The Labute approximate surface area is 224 Å². The Hall–Kier alpha value is -3.31. The molecule has 1 aliphatic carbocycles. The van der Waals surface area contributed by atoms with E-state index in [9.17, 15) is 9.59 Å². The van der Waals surface area contributed by atoms with Crippen molar-refractivity contribution in [2.24, 2.45) is 0 Å².